The van der Waals surface area contributed by atoms with Gasteiger partial charge >= 0.3 is 0 Å². The van der Waals surface area contributed by atoms with E-state index in [1.807, 2.05) is 0 Å². The Morgan fingerprint density at radius 3 is 2.68 bits per heavy atom. The Labute approximate surface area is 132 Å². The van der Waals surface area contributed by atoms with Crippen LogP contribution >= 0.6 is 15.9 Å². The molecule has 116 valence electrons. The van der Waals surface area contributed by atoms with Crippen LogP contribution in [0.4, 0.5) is 5.69 Å². The highest BCUT2D eigenvalue weighted by atomic mass is 79.9. The van der Waals surface area contributed by atoms with Crippen LogP contribution < -0.4 is 16.4 Å². The number of halogens is 1. The highest BCUT2D eigenvalue weighted by molar-refractivity contribution is 9.10. The number of nitrogens with two attached hydrogens (primary N) is 1. The lowest BCUT2D eigenvalue weighted by molar-refractivity contribution is -0.117. The number of carbonyl (C=O) groups is 3. The van der Waals surface area contributed by atoms with Gasteiger partial charge in [0.15, 0.2) is 0 Å². The Hall–Kier alpha value is -2.69. The summed E-state index contributed by atoms with van der Waals surface area (Å²) in [4.78, 5) is 34.7. The maximum atomic E-state index is 12.2. The van der Waals surface area contributed by atoms with Crippen LogP contribution in [-0.2, 0) is 11.8 Å². The second kappa shape index (κ2) is 6.39. The van der Waals surface area contributed by atoms with E-state index in [1.54, 1.807) is 7.05 Å². The lowest BCUT2D eigenvalue weighted by Gasteiger charge is -2.06. The SMILES string of the molecule is Cn1ncc(Br)c1C(=O)Nc1cn[nH]c1C(=O)NCC(N)=O. The molecule has 0 radical (unpaired) electrons. The fourth-order valence-electron chi connectivity index (χ4n) is 1.66. The summed E-state index contributed by atoms with van der Waals surface area (Å²) >= 11 is 3.21. The summed E-state index contributed by atoms with van der Waals surface area (Å²) in [6.07, 6.45) is 2.76. The Morgan fingerprint density at radius 2 is 2.09 bits per heavy atom. The first-order chi connectivity index (χ1) is 10.4. The third-order valence-corrected chi connectivity index (χ3v) is 3.23. The molecule has 0 aliphatic heterocycles. The topological polar surface area (TPSA) is 148 Å². The standard InChI is InChI=1S/C11H12BrN7O3/c1-19-9(5(12)2-16-19)11(22)17-6-3-15-18-8(6)10(21)14-4-7(13)20/h2-3H,4H2,1H3,(H2,13,20)(H,14,21)(H,15,18)(H,17,22). The number of H-pyrrole nitrogens is 1. The van der Waals surface area contributed by atoms with Gasteiger partial charge in [-0.15, -0.1) is 0 Å². The lowest BCUT2D eigenvalue weighted by Crippen LogP contribution is -2.34. The quantitative estimate of drug-likeness (QED) is 0.553. The fraction of sp³-hybridized carbons (Fsp3) is 0.182. The minimum Gasteiger partial charge on any atom is -0.368 e. The number of hydrogen-bond donors (Lipinski definition) is 4. The molecule has 0 atom stereocenters. The van der Waals surface area contributed by atoms with Crippen molar-refractivity contribution in [2.75, 3.05) is 11.9 Å². The van der Waals surface area contributed by atoms with E-state index in [1.165, 1.54) is 17.1 Å². The van der Waals surface area contributed by atoms with Crippen LogP contribution in [0.25, 0.3) is 0 Å². The highest BCUT2D eigenvalue weighted by Crippen LogP contribution is 2.18. The van der Waals surface area contributed by atoms with Crippen LogP contribution in [0, 0.1) is 0 Å². The molecule has 0 fully saturated rings. The van der Waals surface area contributed by atoms with E-state index in [-0.39, 0.29) is 23.6 Å². The molecule has 5 N–H and O–H groups in total. The molecule has 0 aromatic carbocycles. The van der Waals surface area contributed by atoms with Crippen LogP contribution in [0.5, 0.6) is 0 Å². The number of amides is 3. The lowest BCUT2D eigenvalue weighted by atomic mass is 10.3. The van der Waals surface area contributed by atoms with Crippen molar-refractivity contribution in [2.45, 2.75) is 0 Å². The molecule has 2 heterocycles. The van der Waals surface area contributed by atoms with Gasteiger partial charge in [-0.1, -0.05) is 0 Å². The summed E-state index contributed by atoms with van der Waals surface area (Å²) in [6, 6.07) is 0. The van der Waals surface area contributed by atoms with Gasteiger partial charge in [-0.05, 0) is 15.9 Å². The maximum Gasteiger partial charge on any atom is 0.275 e. The monoisotopic (exact) mass is 369 g/mol. The summed E-state index contributed by atoms with van der Waals surface area (Å²) < 4.78 is 1.89. The average molecular weight is 370 g/mol. The average Bonchev–Trinajstić information content (AvgIpc) is 3.03. The highest BCUT2D eigenvalue weighted by Gasteiger charge is 2.20. The Kier molecular flexibility index (Phi) is 4.56. The third-order valence-electron chi connectivity index (χ3n) is 2.65. The van der Waals surface area contributed by atoms with E-state index in [0.717, 1.165) is 0 Å². The number of primary amides is 1. The minimum atomic E-state index is -0.683. The number of rotatable bonds is 5. The fourth-order valence-corrected chi connectivity index (χ4v) is 2.19. The van der Waals surface area contributed by atoms with Crippen LogP contribution in [-0.4, -0.2) is 44.2 Å². The number of aromatic amines is 1. The van der Waals surface area contributed by atoms with Gasteiger partial charge in [-0.2, -0.15) is 10.2 Å². The second-order valence-corrected chi connectivity index (χ2v) is 5.08. The molecular formula is C11H12BrN7O3. The predicted octanol–water partition coefficient (Wildman–Crippen LogP) is -0.627. The normalized spacial score (nSPS) is 10.3. The van der Waals surface area contributed by atoms with Gasteiger partial charge in [-0.25, -0.2) is 0 Å². The first kappa shape index (κ1) is 15.7. The van der Waals surface area contributed by atoms with Gasteiger partial charge in [0.2, 0.25) is 5.91 Å². The summed E-state index contributed by atoms with van der Waals surface area (Å²) in [7, 11) is 1.61. The molecule has 2 aromatic rings. The number of aryl methyl sites for hydroxylation is 1. The molecule has 22 heavy (non-hydrogen) atoms. The molecule has 2 rings (SSSR count). The van der Waals surface area contributed by atoms with Crippen LogP contribution in [0.3, 0.4) is 0 Å². The van der Waals surface area contributed by atoms with Crippen molar-refractivity contribution in [1.82, 2.24) is 25.3 Å². The van der Waals surface area contributed by atoms with Crippen molar-refractivity contribution in [3.63, 3.8) is 0 Å². The van der Waals surface area contributed by atoms with Crippen molar-refractivity contribution in [3.8, 4) is 0 Å². The predicted molar refractivity (Wildman–Crippen MR) is 79.0 cm³/mol. The number of carbonyl (C=O) groups excluding carboxylic acids is 3. The zero-order valence-electron chi connectivity index (χ0n) is 11.4. The van der Waals surface area contributed by atoms with Crippen molar-refractivity contribution < 1.29 is 14.4 Å². The number of aromatic nitrogens is 4. The summed E-state index contributed by atoms with van der Waals surface area (Å²) in [5.74, 6) is -1.77. The van der Waals surface area contributed by atoms with Gasteiger partial charge in [0.25, 0.3) is 11.8 Å². The molecule has 0 aliphatic rings. The van der Waals surface area contributed by atoms with Gasteiger partial charge in [0.1, 0.15) is 11.4 Å². The summed E-state index contributed by atoms with van der Waals surface area (Å²) in [5.41, 5.74) is 5.40. The first-order valence-corrected chi connectivity index (χ1v) is 6.78. The third kappa shape index (κ3) is 3.31. The molecule has 2 aromatic heterocycles. The van der Waals surface area contributed by atoms with E-state index in [0.29, 0.717) is 4.47 Å². The van der Waals surface area contributed by atoms with E-state index >= 15 is 0 Å². The Morgan fingerprint density at radius 1 is 1.36 bits per heavy atom. The minimum absolute atomic E-state index is 0.00731. The van der Waals surface area contributed by atoms with E-state index in [4.69, 9.17) is 5.73 Å². The molecule has 0 saturated heterocycles. The Balaban J connectivity index is 2.15. The number of hydrogen-bond acceptors (Lipinski definition) is 5. The van der Waals surface area contributed by atoms with Crippen LogP contribution in [0.2, 0.25) is 0 Å². The molecular weight excluding hydrogens is 358 g/mol. The number of nitrogens with one attached hydrogen (secondary N) is 3. The largest absolute Gasteiger partial charge is 0.368 e. The molecule has 0 unspecified atom stereocenters. The maximum absolute atomic E-state index is 12.2. The van der Waals surface area contributed by atoms with Crippen LogP contribution in [0.15, 0.2) is 16.9 Å². The van der Waals surface area contributed by atoms with E-state index in [2.05, 4.69) is 41.9 Å². The molecule has 0 saturated carbocycles. The van der Waals surface area contributed by atoms with Gasteiger partial charge in [-0.3, -0.25) is 24.2 Å². The molecule has 0 bridgehead atoms. The number of anilines is 1. The summed E-state index contributed by atoms with van der Waals surface area (Å²) in [5, 5.41) is 14.9. The number of nitrogens with zero attached hydrogens (tertiary/aromatic N) is 3. The first-order valence-electron chi connectivity index (χ1n) is 5.99. The smallest absolute Gasteiger partial charge is 0.275 e. The van der Waals surface area contributed by atoms with Gasteiger partial charge < -0.3 is 16.4 Å². The molecule has 3 amide bonds. The van der Waals surface area contributed by atoms with E-state index in [9.17, 15) is 14.4 Å². The zero-order valence-corrected chi connectivity index (χ0v) is 13.0. The molecule has 11 heteroatoms. The van der Waals surface area contributed by atoms with Crippen molar-refractivity contribution in [1.29, 1.82) is 0 Å². The van der Waals surface area contributed by atoms with Crippen molar-refractivity contribution in [2.24, 2.45) is 12.8 Å². The van der Waals surface area contributed by atoms with Crippen molar-refractivity contribution in [3.05, 3.63) is 28.3 Å². The van der Waals surface area contributed by atoms with Gasteiger partial charge in [0, 0.05) is 7.05 Å². The Bertz CT molecular complexity index is 716. The zero-order chi connectivity index (χ0) is 16.3. The van der Waals surface area contributed by atoms with E-state index < -0.39 is 17.7 Å². The second-order valence-electron chi connectivity index (χ2n) is 4.23. The van der Waals surface area contributed by atoms with Gasteiger partial charge in [0.05, 0.1) is 29.1 Å². The molecule has 10 nitrogen and oxygen atoms in total. The van der Waals surface area contributed by atoms with Crippen LogP contribution in [0.1, 0.15) is 21.0 Å². The molecule has 0 spiro atoms. The summed E-state index contributed by atoms with van der Waals surface area (Å²) in [6.45, 7) is -0.321. The van der Waals surface area contributed by atoms with Crippen molar-refractivity contribution >= 4 is 39.3 Å². The molecule has 0 aliphatic carbocycles.